The molecule has 0 aliphatic carbocycles. The summed E-state index contributed by atoms with van der Waals surface area (Å²) < 4.78 is 6.48. The lowest BCUT2D eigenvalue weighted by Crippen LogP contribution is -2.00. The van der Waals surface area contributed by atoms with Gasteiger partial charge in [0.15, 0.2) is 0 Å². The van der Waals surface area contributed by atoms with Gasteiger partial charge in [0.2, 0.25) is 0 Å². The standard InChI is InChI=1S/C12H10BrClN2O/c13-8-4-5-11(10(14)6-8)17-7-9-2-1-3-12(15)16-9/h1-6H,7H2,(H2,15,16). The normalized spacial score (nSPS) is 10.2. The van der Waals surface area contributed by atoms with E-state index in [-0.39, 0.29) is 0 Å². The summed E-state index contributed by atoms with van der Waals surface area (Å²) in [5.41, 5.74) is 6.35. The average Bonchev–Trinajstić information content (AvgIpc) is 2.28. The molecular formula is C12H10BrClN2O. The van der Waals surface area contributed by atoms with Crippen molar-refractivity contribution in [2.75, 3.05) is 5.73 Å². The van der Waals surface area contributed by atoms with E-state index >= 15 is 0 Å². The Morgan fingerprint density at radius 1 is 1.29 bits per heavy atom. The number of hydrogen-bond donors (Lipinski definition) is 1. The van der Waals surface area contributed by atoms with Gasteiger partial charge in [0, 0.05) is 4.47 Å². The van der Waals surface area contributed by atoms with E-state index in [9.17, 15) is 0 Å². The highest BCUT2D eigenvalue weighted by Gasteiger charge is 2.03. The number of nitrogen functional groups attached to an aromatic ring is 1. The summed E-state index contributed by atoms with van der Waals surface area (Å²) in [7, 11) is 0. The minimum Gasteiger partial charge on any atom is -0.486 e. The summed E-state index contributed by atoms with van der Waals surface area (Å²) in [6, 6.07) is 10.9. The SMILES string of the molecule is Nc1cccc(COc2ccc(Br)cc2Cl)n1. The molecule has 2 N–H and O–H groups in total. The molecule has 1 aromatic carbocycles. The zero-order valence-electron chi connectivity index (χ0n) is 8.86. The van der Waals surface area contributed by atoms with E-state index in [4.69, 9.17) is 22.1 Å². The first-order chi connectivity index (χ1) is 8.15. The Labute approximate surface area is 113 Å². The predicted molar refractivity (Wildman–Crippen MR) is 72.1 cm³/mol. The summed E-state index contributed by atoms with van der Waals surface area (Å²) in [5.74, 6) is 1.10. The number of pyridine rings is 1. The predicted octanol–water partition coefficient (Wildman–Crippen LogP) is 3.66. The van der Waals surface area contributed by atoms with E-state index < -0.39 is 0 Å². The molecule has 0 atom stereocenters. The summed E-state index contributed by atoms with van der Waals surface area (Å²) >= 11 is 9.36. The molecule has 0 saturated carbocycles. The van der Waals surface area contributed by atoms with Gasteiger partial charge in [-0.15, -0.1) is 0 Å². The summed E-state index contributed by atoms with van der Waals surface area (Å²) in [5, 5.41) is 0.559. The van der Waals surface area contributed by atoms with Crippen molar-refractivity contribution in [1.82, 2.24) is 4.98 Å². The Bertz CT molecular complexity index is 534. The molecule has 0 unspecified atom stereocenters. The minimum absolute atomic E-state index is 0.340. The molecule has 0 amide bonds. The molecule has 1 heterocycles. The summed E-state index contributed by atoms with van der Waals surface area (Å²) in [4.78, 5) is 4.14. The highest BCUT2D eigenvalue weighted by molar-refractivity contribution is 9.10. The highest BCUT2D eigenvalue weighted by Crippen LogP contribution is 2.28. The molecule has 2 aromatic rings. The molecule has 3 nitrogen and oxygen atoms in total. The topological polar surface area (TPSA) is 48.1 Å². The van der Waals surface area contributed by atoms with Gasteiger partial charge in [-0.3, -0.25) is 0 Å². The fraction of sp³-hybridized carbons (Fsp3) is 0.0833. The third-order valence-electron chi connectivity index (χ3n) is 2.10. The lowest BCUT2D eigenvalue weighted by Gasteiger charge is -2.08. The number of nitrogens with two attached hydrogens (primary N) is 1. The molecule has 0 spiro atoms. The van der Waals surface area contributed by atoms with Gasteiger partial charge in [0.05, 0.1) is 10.7 Å². The molecule has 0 radical (unpaired) electrons. The van der Waals surface area contributed by atoms with Crippen LogP contribution in [0.3, 0.4) is 0 Å². The molecule has 2 rings (SSSR count). The van der Waals surface area contributed by atoms with Gasteiger partial charge in [-0.1, -0.05) is 33.6 Å². The van der Waals surface area contributed by atoms with E-state index in [1.807, 2.05) is 18.2 Å². The Hall–Kier alpha value is -1.26. The van der Waals surface area contributed by atoms with Crippen molar-refractivity contribution in [3.63, 3.8) is 0 Å². The number of aromatic nitrogens is 1. The van der Waals surface area contributed by atoms with E-state index in [1.165, 1.54) is 0 Å². The Balaban J connectivity index is 2.07. The zero-order valence-corrected chi connectivity index (χ0v) is 11.2. The molecule has 1 aromatic heterocycles. The summed E-state index contributed by atoms with van der Waals surface area (Å²) in [6.45, 7) is 0.340. The van der Waals surface area contributed by atoms with Crippen LogP contribution in [0.25, 0.3) is 0 Å². The van der Waals surface area contributed by atoms with Crippen molar-refractivity contribution < 1.29 is 4.74 Å². The summed E-state index contributed by atoms with van der Waals surface area (Å²) in [6.07, 6.45) is 0. The van der Waals surface area contributed by atoms with Crippen LogP contribution in [-0.4, -0.2) is 4.98 Å². The smallest absolute Gasteiger partial charge is 0.138 e. The van der Waals surface area contributed by atoms with Crippen LogP contribution < -0.4 is 10.5 Å². The maximum absolute atomic E-state index is 6.03. The van der Waals surface area contributed by atoms with Crippen LogP contribution in [0.15, 0.2) is 40.9 Å². The van der Waals surface area contributed by atoms with Crippen LogP contribution in [0.1, 0.15) is 5.69 Å². The van der Waals surface area contributed by atoms with E-state index in [0.29, 0.717) is 23.2 Å². The van der Waals surface area contributed by atoms with Crippen LogP contribution in [0.4, 0.5) is 5.82 Å². The lowest BCUT2D eigenvalue weighted by atomic mass is 10.3. The van der Waals surface area contributed by atoms with E-state index in [1.54, 1.807) is 18.2 Å². The van der Waals surface area contributed by atoms with Gasteiger partial charge in [-0.05, 0) is 30.3 Å². The van der Waals surface area contributed by atoms with E-state index in [2.05, 4.69) is 20.9 Å². The first kappa shape index (κ1) is 12.2. The zero-order chi connectivity index (χ0) is 12.3. The number of halogens is 2. The minimum atomic E-state index is 0.340. The van der Waals surface area contributed by atoms with Crippen LogP contribution in [0.2, 0.25) is 5.02 Å². The van der Waals surface area contributed by atoms with Gasteiger partial charge < -0.3 is 10.5 Å². The second-order valence-electron chi connectivity index (χ2n) is 3.42. The van der Waals surface area contributed by atoms with Crippen molar-refractivity contribution in [3.05, 3.63) is 51.6 Å². The molecule has 0 aliphatic rings. The van der Waals surface area contributed by atoms with Gasteiger partial charge >= 0.3 is 0 Å². The molecular weight excluding hydrogens is 304 g/mol. The van der Waals surface area contributed by atoms with Crippen LogP contribution in [-0.2, 0) is 6.61 Å². The van der Waals surface area contributed by atoms with Gasteiger partial charge in [0.1, 0.15) is 18.2 Å². The third-order valence-corrected chi connectivity index (χ3v) is 2.89. The second-order valence-corrected chi connectivity index (χ2v) is 4.74. The number of hydrogen-bond acceptors (Lipinski definition) is 3. The van der Waals surface area contributed by atoms with Crippen molar-refractivity contribution in [1.29, 1.82) is 0 Å². The maximum atomic E-state index is 6.03. The fourth-order valence-electron chi connectivity index (χ4n) is 1.32. The molecule has 5 heteroatoms. The van der Waals surface area contributed by atoms with Crippen LogP contribution in [0.5, 0.6) is 5.75 Å². The number of ether oxygens (including phenoxy) is 1. The third kappa shape index (κ3) is 3.35. The van der Waals surface area contributed by atoms with Gasteiger partial charge in [-0.2, -0.15) is 0 Å². The number of benzene rings is 1. The van der Waals surface area contributed by atoms with Crippen molar-refractivity contribution in [3.8, 4) is 5.75 Å². The first-order valence-electron chi connectivity index (χ1n) is 4.94. The molecule has 0 fully saturated rings. The molecule has 0 saturated heterocycles. The van der Waals surface area contributed by atoms with Crippen molar-refractivity contribution in [2.24, 2.45) is 0 Å². The van der Waals surface area contributed by atoms with Crippen molar-refractivity contribution in [2.45, 2.75) is 6.61 Å². The van der Waals surface area contributed by atoms with Crippen LogP contribution in [0, 0.1) is 0 Å². The Morgan fingerprint density at radius 2 is 2.12 bits per heavy atom. The molecule has 0 aliphatic heterocycles. The number of nitrogens with zero attached hydrogens (tertiary/aromatic N) is 1. The van der Waals surface area contributed by atoms with Crippen LogP contribution >= 0.6 is 27.5 Å². The maximum Gasteiger partial charge on any atom is 0.138 e. The van der Waals surface area contributed by atoms with Gasteiger partial charge in [-0.25, -0.2) is 4.98 Å². The van der Waals surface area contributed by atoms with Crippen molar-refractivity contribution >= 4 is 33.3 Å². The lowest BCUT2D eigenvalue weighted by molar-refractivity contribution is 0.301. The fourth-order valence-corrected chi connectivity index (χ4v) is 2.05. The number of anilines is 1. The first-order valence-corrected chi connectivity index (χ1v) is 6.11. The molecule has 17 heavy (non-hydrogen) atoms. The highest BCUT2D eigenvalue weighted by atomic mass is 79.9. The van der Waals surface area contributed by atoms with Gasteiger partial charge in [0.25, 0.3) is 0 Å². The largest absolute Gasteiger partial charge is 0.486 e. The second kappa shape index (κ2) is 5.38. The quantitative estimate of drug-likeness (QED) is 0.940. The average molecular weight is 314 g/mol. The Kier molecular flexibility index (Phi) is 3.86. The monoisotopic (exact) mass is 312 g/mol. The molecule has 88 valence electrons. The Morgan fingerprint density at radius 3 is 2.82 bits per heavy atom. The van der Waals surface area contributed by atoms with E-state index in [0.717, 1.165) is 10.2 Å². The number of rotatable bonds is 3. The molecule has 0 bridgehead atoms.